The summed E-state index contributed by atoms with van der Waals surface area (Å²) in [5.41, 5.74) is 3.10. The zero-order valence-electron chi connectivity index (χ0n) is 15.6. The molecule has 1 heterocycles. The highest BCUT2D eigenvalue weighted by molar-refractivity contribution is 6.28. The number of carbonyl (C=O) groups is 3. The third-order valence-corrected chi connectivity index (χ3v) is 5.04. The van der Waals surface area contributed by atoms with Crippen LogP contribution in [0.2, 0.25) is 0 Å². The van der Waals surface area contributed by atoms with E-state index in [1.54, 1.807) is 49.4 Å². The zero-order valence-corrected chi connectivity index (χ0v) is 15.6. The van der Waals surface area contributed by atoms with Gasteiger partial charge in [-0.2, -0.15) is 4.57 Å². The van der Waals surface area contributed by atoms with E-state index in [1.165, 1.54) is 0 Å². The molecule has 5 nitrogen and oxygen atoms in total. The lowest BCUT2D eigenvalue weighted by atomic mass is 9.84. The molecule has 2 aromatic carbocycles. The standard InChI is InChI=1S/C23H18N2O3/c1-14-9-11-25(12-10-14)15(2)23(28)24-16-7-8-19-20(13-16)22(27)18-6-4-3-5-17(18)21(19)26/h3-13,15H,1-2H3/p+1/t15-/m0/s1. The molecule has 3 aromatic rings. The van der Waals surface area contributed by atoms with Crippen molar-refractivity contribution in [3.05, 3.63) is 94.8 Å². The van der Waals surface area contributed by atoms with Gasteiger partial charge in [-0.1, -0.05) is 24.3 Å². The van der Waals surface area contributed by atoms with Crippen LogP contribution in [0.25, 0.3) is 0 Å². The predicted molar refractivity (Wildman–Crippen MR) is 104 cm³/mol. The molecule has 1 aromatic heterocycles. The average Bonchev–Trinajstić information content (AvgIpc) is 2.72. The van der Waals surface area contributed by atoms with Crippen LogP contribution in [0.1, 0.15) is 50.4 Å². The Morgan fingerprint density at radius 2 is 1.43 bits per heavy atom. The molecule has 0 fully saturated rings. The van der Waals surface area contributed by atoms with Crippen LogP contribution < -0.4 is 9.88 Å². The third kappa shape index (κ3) is 3.01. The van der Waals surface area contributed by atoms with Crippen molar-refractivity contribution in [3.63, 3.8) is 0 Å². The minimum absolute atomic E-state index is 0.174. The highest BCUT2D eigenvalue weighted by Crippen LogP contribution is 2.29. The molecule has 138 valence electrons. The Morgan fingerprint density at radius 3 is 2.07 bits per heavy atom. The first-order valence-electron chi connectivity index (χ1n) is 9.06. The first kappa shape index (κ1) is 17.8. The van der Waals surface area contributed by atoms with Gasteiger partial charge in [0.2, 0.25) is 6.04 Å². The summed E-state index contributed by atoms with van der Waals surface area (Å²) in [6, 6.07) is 15.1. The van der Waals surface area contributed by atoms with Gasteiger partial charge >= 0.3 is 0 Å². The predicted octanol–water partition coefficient (Wildman–Crippen LogP) is 3.26. The summed E-state index contributed by atoms with van der Waals surface area (Å²) in [7, 11) is 0. The summed E-state index contributed by atoms with van der Waals surface area (Å²) in [5, 5.41) is 2.84. The Kier molecular flexibility index (Phi) is 4.35. The Hall–Kier alpha value is -3.60. The molecule has 1 amide bonds. The fraction of sp³-hybridized carbons (Fsp3) is 0.130. The maximum absolute atomic E-state index is 12.8. The van der Waals surface area contributed by atoms with Crippen LogP contribution in [0, 0.1) is 6.92 Å². The van der Waals surface area contributed by atoms with E-state index in [2.05, 4.69) is 5.32 Å². The van der Waals surface area contributed by atoms with Crippen molar-refractivity contribution in [2.45, 2.75) is 19.9 Å². The summed E-state index contributed by atoms with van der Waals surface area (Å²) in [6.45, 7) is 3.78. The fourth-order valence-electron chi connectivity index (χ4n) is 3.33. The lowest BCUT2D eigenvalue weighted by Gasteiger charge is -2.18. The van der Waals surface area contributed by atoms with Gasteiger partial charge in [0.15, 0.2) is 24.0 Å². The maximum Gasteiger partial charge on any atom is 0.293 e. The monoisotopic (exact) mass is 371 g/mol. The quantitative estimate of drug-likeness (QED) is 0.562. The number of amides is 1. The van der Waals surface area contributed by atoms with E-state index >= 15 is 0 Å². The van der Waals surface area contributed by atoms with Gasteiger partial charge in [0.05, 0.1) is 0 Å². The van der Waals surface area contributed by atoms with E-state index in [9.17, 15) is 14.4 Å². The van der Waals surface area contributed by atoms with Crippen molar-refractivity contribution in [1.29, 1.82) is 0 Å². The number of pyridine rings is 1. The van der Waals surface area contributed by atoms with Crippen molar-refractivity contribution < 1.29 is 19.0 Å². The summed E-state index contributed by atoms with van der Waals surface area (Å²) in [6.07, 6.45) is 3.71. The van der Waals surface area contributed by atoms with E-state index in [4.69, 9.17) is 0 Å². The number of ketones is 2. The molecule has 0 bridgehead atoms. The van der Waals surface area contributed by atoms with Crippen molar-refractivity contribution in [1.82, 2.24) is 0 Å². The largest absolute Gasteiger partial charge is 0.320 e. The molecule has 0 spiro atoms. The molecule has 1 N–H and O–H groups in total. The molecule has 1 aliphatic rings. The number of aromatic nitrogens is 1. The third-order valence-electron chi connectivity index (χ3n) is 5.04. The van der Waals surface area contributed by atoms with Crippen molar-refractivity contribution in [3.8, 4) is 0 Å². The Labute approximate surface area is 162 Å². The molecule has 0 radical (unpaired) electrons. The molecule has 0 aliphatic heterocycles. The molecule has 0 unspecified atom stereocenters. The van der Waals surface area contributed by atoms with E-state index < -0.39 is 6.04 Å². The van der Waals surface area contributed by atoms with E-state index in [-0.39, 0.29) is 17.5 Å². The van der Waals surface area contributed by atoms with Crippen LogP contribution in [0.15, 0.2) is 67.0 Å². The lowest BCUT2D eigenvalue weighted by molar-refractivity contribution is -0.705. The van der Waals surface area contributed by atoms with Crippen LogP contribution in [0.4, 0.5) is 5.69 Å². The highest BCUT2D eigenvalue weighted by atomic mass is 16.2. The number of hydrogen-bond donors (Lipinski definition) is 1. The lowest BCUT2D eigenvalue weighted by Crippen LogP contribution is -2.44. The maximum atomic E-state index is 12.8. The van der Waals surface area contributed by atoms with E-state index in [0.29, 0.717) is 27.9 Å². The Balaban J connectivity index is 1.61. The number of carbonyl (C=O) groups excluding carboxylic acids is 3. The molecule has 1 atom stereocenters. The average molecular weight is 371 g/mol. The van der Waals surface area contributed by atoms with Crippen LogP contribution in [0.5, 0.6) is 0 Å². The second-order valence-corrected chi connectivity index (χ2v) is 6.95. The minimum atomic E-state index is -0.422. The smallest absolute Gasteiger partial charge is 0.293 e. The molecule has 1 aliphatic carbocycles. The van der Waals surface area contributed by atoms with Crippen LogP contribution in [-0.2, 0) is 4.79 Å². The van der Waals surface area contributed by atoms with E-state index in [0.717, 1.165) is 5.56 Å². The number of anilines is 1. The molecule has 5 heteroatoms. The van der Waals surface area contributed by atoms with Crippen LogP contribution >= 0.6 is 0 Å². The van der Waals surface area contributed by atoms with Crippen LogP contribution in [-0.4, -0.2) is 17.5 Å². The fourth-order valence-corrected chi connectivity index (χ4v) is 3.33. The number of hydrogen-bond acceptors (Lipinski definition) is 3. The van der Waals surface area contributed by atoms with Gasteiger partial charge in [0.25, 0.3) is 5.91 Å². The Bertz CT molecular complexity index is 1120. The highest BCUT2D eigenvalue weighted by Gasteiger charge is 2.30. The number of aryl methyl sites for hydroxylation is 1. The van der Waals surface area contributed by atoms with E-state index in [1.807, 2.05) is 36.0 Å². The van der Waals surface area contributed by atoms with Gasteiger partial charge in [-0.05, 0) is 30.7 Å². The number of nitrogens with zero attached hydrogens (tertiary/aromatic N) is 1. The summed E-state index contributed by atoms with van der Waals surface area (Å²) < 4.78 is 1.81. The Morgan fingerprint density at radius 1 is 0.857 bits per heavy atom. The summed E-state index contributed by atoms with van der Waals surface area (Å²) in [4.78, 5) is 38.1. The van der Waals surface area contributed by atoms with Gasteiger partial charge in [-0.3, -0.25) is 14.4 Å². The number of rotatable bonds is 3. The molecular weight excluding hydrogens is 352 g/mol. The first-order valence-corrected chi connectivity index (χ1v) is 9.06. The summed E-state index contributed by atoms with van der Waals surface area (Å²) >= 11 is 0. The van der Waals surface area contributed by atoms with Gasteiger partial charge < -0.3 is 5.32 Å². The van der Waals surface area contributed by atoms with Crippen molar-refractivity contribution in [2.24, 2.45) is 0 Å². The number of benzene rings is 2. The number of nitrogens with one attached hydrogen (secondary N) is 1. The minimum Gasteiger partial charge on any atom is -0.320 e. The molecule has 4 rings (SSSR count). The second kappa shape index (κ2) is 6.85. The molecule has 0 saturated heterocycles. The number of fused-ring (bicyclic) bond motifs is 2. The van der Waals surface area contributed by atoms with Gasteiger partial charge in [0.1, 0.15) is 0 Å². The molecular formula is C23H19N2O3+. The topological polar surface area (TPSA) is 67.1 Å². The van der Waals surface area contributed by atoms with Crippen molar-refractivity contribution >= 4 is 23.2 Å². The molecule has 28 heavy (non-hydrogen) atoms. The van der Waals surface area contributed by atoms with Crippen molar-refractivity contribution in [2.75, 3.05) is 5.32 Å². The summed E-state index contributed by atoms with van der Waals surface area (Å²) in [5.74, 6) is -0.585. The van der Waals surface area contributed by atoms with Gasteiger partial charge in [0, 0.05) is 47.0 Å². The zero-order chi connectivity index (χ0) is 19.8. The normalized spacial score (nSPS) is 13.5. The first-order chi connectivity index (χ1) is 13.5. The van der Waals surface area contributed by atoms with Gasteiger partial charge in [-0.25, -0.2) is 0 Å². The van der Waals surface area contributed by atoms with Gasteiger partial charge in [-0.15, -0.1) is 0 Å². The SMILES string of the molecule is Cc1cc[n+]([C@@H](C)C(=O)Nc2ccc3c(c2)C(=O)c2ccccc2C3=O)cc1. The van der Waals surface area contributed by atoms with Crippen LogP contribution in [0.3, 0.4) is 0 Å². The molecule has 0 saturated carbocycles. The second-order valence-electron chi connectivity index (χ2n) is 6.95.